The summed E-state index contributed by atoms with van der Waals surface area (Å²) < 4.78 is 63.1. The van der Waals surface area contributed by atoms with Gasteiger partial charge in [0.05, 0.1) is 16.2 Å². The molecule has 0 amide bonds. The second-order valence-electron chi connectivity index (χ2n) is 6.90. The van der Waals surface area contributed by atoms with Gasteiger partial charge in [0.2, 0.25) is 0 Å². The van der Waals surface area contributed by atoms with Crippen molar-refractivity contribution in [1.29, 1.82) is 0 Å². The molecule has 0 bridgehead atoms. The molecule has 1 aromatic heterocycles. The Morgan fingerprint density at radius 1 is 1.04 bits per heavy atom. The van der Waals surface area contributed by atoms with E-state index in [4.69, 9.17) is 0 Å². The zero-order chi connectivity index (χ0) is 19.7. The van der Waals surface area contributed by atoms with Crippen molar-refractivity contribution in [2.75, 3.05) is 11.6 Å². The Morgan fingerprint density at radius 2 is 1.67 bits per heavy atom. The number of sulfone groups is 1. The molecule has 2 aromatic rings. The summed E-state index contributed by atoms with van der Waals surface area (Å²) in [6.07, 6.45) is 1.66. The highest BCUT2D eigenvalue weighted by atomic mass is 32.2. The van der Waals surface area contributed by atoms with Crippen LogP contribution in [0.1, 0.15) is 37.7 Å². The average molecular weight is 398 g/mol. The van der Waals surface area contributed by atoms with Crippen molar-refractivity contribution in [3.63, 3.8) is 0 Å². The van der Waals surface area contributed by atoms with E-state index in [9.17, 15) is 21.6 Å². The zero-order valence-electron chi connectivity index (χ0n) is 14.9. The first-order valence-corrected chi connectivity index (χ1v) is 10.7. The Morgan fingerprint density at radius 3 is 2.22 bits per heavy atom. The number of alkyl halides is 3. The van der Waals surface area contributed by atoms with Crippen LogP contribution in [0.2, 0.25) is 0 Å². The van der Waals surface area contributed by atoms with Crippen LogP contribution in [0.25, 0.3) is 11.3 Å². The minimum atomic E-state index is -4.49. The minimum Gasteiger partial charge on any atom is -0.367 e. The molecule has 1 aromatic carbocycles. The number of hydrogen-bond acceptors (Lipinski definition) is 4. The van der Waals surface area contributed by atoms with Gasteiger partial charge >= 0.3 is 6.18 Å². The second kappa shape index (κ2) is 7.50. The monoisotopic (exact) mass is 398 g/mol. The number of halogens is 3. The molecule has 1 aliphatic carbocycles. The van der Waals surface area contributed by atoms with Crippen LogP contribution in [0.3, 0.4) is 0 Å². The molecule has 27 heavy (non-hydrogen) atoms. The molecular weight excluding hydrogens is 377 g/mol. The Bertz CT molecular complexity index is 904. The molecule has 4 nitrogen and oxygen atoms in total. The van der Waals surface area contributed by atoms with E-state index in [1.807, 2.05) is 0 Å². The fourth-order valence-corrected chi connectivity index (χ4v) is 3.88. The highest BCUT2D eigenvalue weighted by molar-refractivity contribution is 7.90. The van der Waals surface area contributed by atoms with Gasteiger partial charge in [-0.1, -0.05) is 31.4 Å². The molecular formula is C19H21F3N2O2S. The normalized spacial score (nSPS) is 16.3. The van der Waals surface area contributed by atoms with E-state index in [1.165, 1.54) is 24.3 Å². The van der Waals surface area contributed by atoms with Crippen LogP contribution >= 0.6 is 0 Å². The van der Waals surface area contributed by atoms with Gasteiger partial charge in [0.25, 0.3) is 0 Å². The van der Waals surface area contributed by atoms with Gasteiger partial charge in [-0.05, 0) is 37.1 Å². The third-order valence-corrected chi connectivity index (χ3v) is 5.82. The molecule has 0 aliphatic heterocycles. The van der Waals surface area contributed by atoms with Gasteiger partial charge in [-0.3, -0.25) is 0 Å². The summed E-state index contributed by atoms with van der Waals surface area (Å²) >= 11 is 0. The highest BCUT2D eigenvalue weighted by Crippen LogP contribution is 2.34. The summed E-state index contributed by atoms with van der Waals surface area (Å²) in [7, 11) is -3.37. The lowest BCUT2D eigenvalue weighted by molar-refractivity contribution is -0.137. The number of nitrogens with zero attached hydrogens (tertiary/aromatic N) is 1. The van der Waals surface area contributed by atoms with Gasteiger partial charge < -0.3 is 5.32 Å². The number of aromatic nitrogens is 1. The van der Waals surface area contributed by atoms with E-state index in [0.717, 1.165) is 50.5 Å². The topological polar surface area (TPSA) is 59.1 Å². The average Bonchev–Trinajstić information content (AvgIpc) is 2.61. The number of rotatable bonds is 4. The molecule has 1 N–H and O–H groups in total. The SMILES string of the molecule is CS(=O)(=O)c1ccc(-c2cc(C(F)(F)F)cc(NC3CCCCC3)n2)cc1. The number of hydrogen-bond donors (Lipinski definition) is 1. The predicted molar refractivity (Wildman–Crippen MR) is 98.3 cm³/mol. The molecule has 0 spiro atoms. The quantitative estimate of drug-likeness (QED) is 0.795. The van der Waals surface area contributed by atoms with Crippen LogP contribution in [-0.4, -0.2) is 25.7 Å². The van der Waals surface area contributed by atoms with Crippen molar-refractivity contribution < 1.29 is 21.6 Å². The summed E-state index contributed by atoms with van der Waals surface area (Å²) in [4.78, 5) is 4.45. The highest BCUT2D eigenvalue weighted by Gasteiger charge is 2.32. The van der Waals surface area contributed by atoms with Gasteiger partial charge in [-0.2, -0.15) is 13.2 Å². The van der Waals surface area contributed by atoms with Crippen LogP contribution < -0.4 is 5.32 Å². The van der Waals surface area contributed by atoms with Crippen molar-refractivity contribution in [3.8, 4) is 11.3 Å². The van der Waals surface area contributed by atoms with E-state index in [1.54, 1.807) is 0 Å². The number of nitrogens with one attached hydrogen (secondary N) is 1. The first-order chi connectivity index (χ1) is 12.6. The zero-order valence-corrected chi connectivity index (χ0v) is 15.7. The van der Waals surface area contributed by atoms with Crippen molar-refractivity contribution in [3.05, 3.63) is 42.0 Å². The number of anilines is 1. The molecule has 3 rings (SSSR count). The molecule has 1 saturated carbocycles. The van der Waals surface area contributed by atoms with Gasteiger partial charge in [0.1, 0.15) is 5.82 Å². The fourth-order valence-electron chi connectivity index (χ4n) is 3.25. The molecule has 0 atom stereocenters. The fraction of sp³-hybridized carbons (Fsp3) is 0.421. The molecule has 1 fully saturated rings. The third-order valence-electron chi connectivity index (χ3n) is 4.69. The van der Waals surface area contributed by atoms with Crippen LogP contribution in [0.5, 0.6) is 0 Å². The smallest absolute Gasteiger partial charge is 0.367 e. The van der Waals surface area contributed by atoms with Crippen molar-refractivity contribution in [2.24, 2.45) is 0 Å². The summed E-state index contributed by atoms with van der Waals surface area (Å²) in [5, 5.41) is 3.13. The van der Waals surface area contributed by atoms with Crippen LogP contribution in [0.15, 0.2) is 41.3 Å². The number of benzene rings is 1. The summed E-state index contributed by atoms with van der Waals surface area (Å²) in [5.41, 5.74) is -0.193. The van der Waals surface area contributed by atoms with E-state index in [0.29, 0.717) is 5.56 Å². The van der Waals surface area contributed by atoms with Crippen molar-refractivity contribution in [2.45, 2.75) is 49.2 Å². The summed E-state index contributed by atoms with van der Waals surface area (Å²) in [6.45, 7) is 0. The number of pyridine rings is 1. The Hall–Kier alpha value is -2.09. The summed E-state index contributed by atoms with van der Waals surface area (Å²) in [5.74, 6) is 0.193. The van der Waals surface area contributed by atoms with E-state index in [-0.39, 0.29) is 22.4 Å². The lowest BCUT2D eigenvalue weighted by atomic mass is 9.95. The Labute approximate surface area is 156 Å². The van der Waals surface area contributed by atoms with Crippen LogP contribution in [-0.2, 0) is 16.0 Å². The first-order valence-electron chi connectivity index (χ1n) is 8.79. The molecule has 0 unspecified atom stereocenters. The summed E-state index contributed by atoms with van der Waals surface area (Å²) in [6, 6.07) is 7.84. The third kappa shape index (κ3) is 5.00. The molecule has 0 saturated heterocycles. The van der Waals surface area contributed by atoms with Gasteiger partial charge in [-0.25, -0.2) is 13.4 Å². The van der Waals surface area contributed by atoms with Gasteiger partial charge in [-0.15, -0.1) is 0 Å². The lowest BCUT2D eigenvalue weighted by Crippen LogP contribution is -2.23. The molecule has 8 heteroatoms. The van der Waals surface area contributed by atoms with E-state index < -0.39 is 21.6 Å². The molecule has 146 valence electrons. The Balaban J connectivity index is 1.97. The van der Waals surface area contributed by atoms with E-state index in [2.05, 4.69) is 10.3 Å². The molecule has 0 radical (unpaired) electrons. The standard InChI is InChI=1S/C19H21F3N2O2S/c1-27(25,26)16-9-7-13(8-10-16)17-11-14(19(20,21)22)12-18(24-17)23-15-5-3-2-4-6-15/h7-12,15H,2-6H2,1H3,(H,23,24). The molecule has 1 aliphatic rings. The second-order valence-corrected chi connectivity index (χ2v) is 8.92. The Kier molecular flexibility index (Phi) is 5.46. The van der Waals surface area contributed by atoms with Gasteiger partial charge in [0.15, 0.2) is 9.84 Å². The van der Waals surface area contributed by atoms with Crippen molar-refractivity contribution in [1.82, 2.24) is 4.98 Å². The van der Waals surface area contributed by atoms with Crippen molar-refractivity contribution >= 4 is 15.7 Å². The maximum Gasteiger partial charge on any atom is 0.416 e. The predicted octanol–water partition coefficient (Wildman–Crippen LogP) is 4.92. The lowest BCUT2D eigenvalue weighted by Gasteiger charge is -2.24. The first kappa shape index (κ1) is 19.7. The van der Waals surface area contributed by atoms with E-state index >= 15 is 0 Å². The maximum absolute atomic E-state index is 13.3. The molecule has 1 heterocycles. The maximum atomic E-state index is 13.3. The van der Waals surface area contributed by atoms with Gasteiger partial charge in [0, 0.05) is 17.9 Å². The largest absolute Gasteiger partial charge is 0.416 e. The minimum absolute atomic E-state index is 0.110. The van der Waals surface area contributed by atoms with Crippen LogP contribution in [0.4, 0.5) is 19.0 Å². The van der Waals surface area contributed by atoms with Crippen LogP contribution in [0, 0.1) is 0 Å².